The van der Waals surface area contributed by atoms with Gasteiger partial charge in [-0.15, -0.1) is 0 Å². The molecule has 0 unspecified atom stereocenters. The van der Waals surface area contributed by atoms with E-state index in [1.807, 2.05) is 13.0 Å². The van der Waals surface area contributed by atoms with Crippen LogP contribution in [0.5, 0.6) is 0 Å². The SMILES string of the molecule is C=N/C(CNc1cncc(/C=C/C(=O)NCC)c1)=N\C(=C/C)C(=O)NC. The van der Waals surface area contributed by atoms with Gasteiger partial charge in [-0.1, -0.05) is 6.08 Å². The molecule has 0 spiro atoms. The Hall–Kier alpha value is -3.29. The van der Waals surface area contributed by atoms with Crippen molar-refractivity contribution in [2.45, 2.75) is 13.8 Å². The minimum absolute atomic E-state index is 0.163. The van der Waals surface area contributed by atoms with Crippen molar-refractivity contribution in [3.63, 3.8) is 0 Å². The quantitative estimate of drug-likeness (QED) is 0.372. The van der Waals surface area contributed by atoms with Crippen molar-refractivity contribution < 1.29 is 9.59 Å². The van der Waals surface area contributed by atoms with Gasteiger partial charge in [-0.25, -0.2) is 9.98 Å². The summed E-state index contributed by atoms with van der Waals surface area (Å²) in [5.74, 6) is -0.0954. The summed E-state index contributed by atoms with van der Waals surface area (Å²) < 4.78 is 0. The summed E-state index contributed by atoms with van der Waals surface area (Å²) >= 11 is 0. The number of amidine groups is 1. The Balaban J connectivity index is 2.79. The summed E-state index contributed by atoms with van der Waals surface area (Å²) in [6.45, 7) is 7.89. The van der Waals surface area contributed by atoms with Crippen LogP contribution in [-0.4, -0.2) is 49.5 Å². The van der Waals surface area contributed by atoms with Crippen LogP contribution in [0.2, 0.25) is 0 Å². The lowest BCUT2D eigenvalue weighted by Gasteiger charge is -2.07. The maximum absolute atomic E-state index is 11.7. The smallest absolute Gasteiger partial charge is 0.269 e. The number of pyridine rings is 1. The Morgan fingerprint density at radius 3 is 2.73 bits per heavy atom. The Morgan fingerprint density at radius 2 is 2.12 bits per heavy atom. The zero-order chi connectivity index (χ0) is 19.4. The van der Waals surface area contributed by atoms with Gasteiger partial charge >= 0.3 is 0 Å². The van der Waals surface area contributed by atoms with Crippen molar-refractivity contribution in [2.75, 3.05) is 25.5 Å². The predicted molar refractivity (Wildman–Crippen MR) is 105 cm³/mol. The lowest BCUT2D eigenvalue weighted by molar-refractivity contribution is -0.117. The van der Waals surface area contributed by atoms with Crippen LogP contribution in [0.3, 0.4) is 0 Å². The number of carbonyl (C=O) groups excluding carboxylic acids is 2. The molecule has 0 atom stereocenters. The molecule has 1 aromatic heterocycles. The average molecular weight is 356 g/mol. The first-order valence-electron chi connectivity index (χ1n) is 8.11. The number of rotatable bonds is 8. The number of hydrogen-bond acceptors (Lipinski definition) is 5. The van der Waals surface area contributed by atoms with Gasteiger partial charge < -0.3 is 16.0 Å². The van der Waals surface area contributed by atoms with Crippen molar-refractivity contribution >= 4 is 36.1 Å². The molecule has 2 amide bonds. The van der Waals surface area contributed by atoms with E-state index in [4.69, 9.17) is 0 Å². The van der Waals surface area contributed by atoms with Gasteiger partial charge in [0.2, 0.25) is 5.91 Å². The van der Waals surface area contributed by atoms with Gasteiger partial charge in [-0.2, -0.15) is 0 Å². The number of carbonyl (C=O) groups is 2. The number of amides is 2. The maximum Gasteiger partial charge on any atom is 0.269 e. The molecule has 0 saturated heterocycles. The fourth-order valence-corrected chi connectivity index (χ4v) is 1.88. The van der Waals surface area contributed by atoms with Gasteiger partial charge in [-0.3, -0.25) is 14.6 Å². The molecule has 0 aliphatic carbocycles. The van der Waals surface area contributed by atoms with Crippen LogP contribution >= 0.6 is 0 Å². The van der Waals surface area contributed by atoms with Crippen molar-refractivity contribution in [3.8, 4) is 0 Å². The van der Waals surface area contributed by atoms with E-state index in [1.54, 1.807) is 31.5 Å². The first-order chi connectivity index (χ1) is 12.5. The normalized spacial score (nSPS) is 12.0. The molecule has 138 valence electrons. The van der Waals surface area contributed by atoms with Crippen LogP contribution in [0.15, 0.2) is 46.3 Å². The Morgan fingerprint density at radius 1 is 1.35 bits per heavy atom. The van der Waals surface area contributed by atoms with Crippen molar-refractivity contribution in [1.29, 1.82) is 0 Å². The second-order valence-corrected chi connectivity index (χ2v) is 5.03. The van der Waals surface area contributed by atoms with E-state index in [1.165, 1.54) is 13.1 Å². The monoisotopic (exact) mass is 356 g/mol. The highest BCUT2D eigenvalue weighted by Gasteiger charge is 2.06. The highest BCUT2D eigenvalue weighted by molar-refractivity contribution is 5.98. The molecular formula is C18H24N6O2. The Bertz CT molecular complexity index is 737. The van der Waals surface area contributed by atoms with E-state index < -0.39 is 0 Å². The van der Waals surface area contributed by atoms with Crippen molar-refractivity contribution in [1.82, 2.24) is 15.6 Å². The van der Waals surface area contributed by atoms with Gasteiger partial charge in [0, 0.05) is 32.1 Å². The van der Waals surface area contributed by atoms with E-state index in [-0.39, 0.29) is 24.1 Å². The summed E-state index contributed by atoms with van der Waals surface area (Å²) in [6.07, 6.45) is 8.00. The van der Waals surface area contributed by atoms with Gasteiger partial charge in [-0.05, 0) is 38.3 Å². The lowest BCUT2D eigenvalue weighted by Crippen LogP contribution is -2.21. The third-order valence-electron chi connectivity index (χ3n) is 3.15. The molecule has 1 aromatic rings. The molecule has 1 heterocycles. The number of anilines is 1. The number of nitrogens with one attached hydrogen (secondary N) is 3. The molecule has 1 rings (SSSR count). The van der Waals surface area contributed by atoms with Gasteiger partial charge in [0.05, 0.1) is 12.2 Å². The Kier molecular flexibility index (Phi) is 9.02. The minimum atomic E-state index is -0.298. The van der Waals surface area contributed by atoms with Crippen molar-refractivity contribution in [3.05, 3.63) is 41.9 Å². The summed E-state index contributed by atoms with van der Waals surface area (Å²) in [7, 11) is 1.53. The molecule has 8 heteroatoms. The highest BCUT2D eigenvalue weighted by Crippen LogP contribution is 2.10. The molecule has 8 nitrogen and oxygen atoms in total. The molecule has 0 radical (unpaired) electrons. The van der Waals surface area contributed by atoms with Gasteiger partial charge in [0.1, 0.15) is 11.5 Å². The van der Waals surface area contributed by atoms with Crippen molar-refractivity contribution in [2.24, 2.45) is 9.98 Å². The number of aromatic nitrogens is 1. The minimum Gasteiger partial charge on any atom is -0.376 e. The number of likely N-dealkylation sites (N-methyl/N-ethyl adjacent to an activating group) is 2. The number of aliphatic imine (C=N–C) groups is 2. The maximum atomic E-state index is 11.7. The third-order valence-corrected chi connectivity index (χ3v) is 3.15. The van der Waals surface area contributed by atoms with Crippen LogP contribution in [0.25, 0.3) is 6.08 Å². The second-order valence-electron chi connectivity index (χ2n) is 5.03. The summed E-state index contributed by atoms with van der Waals surface area (Å²) in [4.78, 5) is 35.3. The molecule has 0 fully saturated rings. The average Bonchev–Trinajstić information content (AvgIpc) is 2.66. The Labute approximate surface area is 153 Å². The predicted octanol–water partition coefficient (Wildman–Crippen LogP) is 1.39. The van der Waals surface area contributed by atoms with E-state index in [2.05, 4.69) is 37.6 Å². The van der Waals surface area contributed by atoms with Crippen LogP contribution < -0.4 is 16.0 Å². The molecule has 3 N–H and O–H groups in total. The largest absolute Gasteiger partial charge is 0.376 e. The lowest BCUT2D eigenvalue weighted by atomic mass is 10.2. The first-order valence-corrected chi connectivity index (χ1v) is 8.11. The molecule has 0 bridgehead atoms. The fraction of sp³-hybridized carbons (Fsp3) is 0.278. The fourth-order valence-electron chi connectivity index (χ4n) is 1.88. The summed E-state index contributed by atoms with van der Waals surface area (Å²) in [6, 6.07) is 1.83. The van der Waals surface area contributed by atoms with Gasteiger partial charge in [0.25, 0.3) is 5.91 Å². The van der Waals surface area contributed by atoms with Gasteiger partial charge in [0.15, 0.2) is 0 Å². The molecule has 0 aromatic carbocycles. The van der Waals surface area contributed by atoms with E-state index in [0.29, 0.717) is 12.4 Å². The number of allylic oxidation sites excluding steroid dienone is 1. The van der Waals surface area contributed by atoms with Crippen LogP contribution in [0.1, 0.15) is 19.4 Å². The van der Waals surface area contributed by atoms with E-state index in [0.717, 1.165) is 11.3 Å². The number of nitrogens with zero attached hydrogens (tertiary/aromatic N) is 3. The van der Waals surface area contributed by atoms with Crippen LogP contribution in [0.4, 0.5) is 5.69 Å². The zero-order valence-corrected chi connectivity index (χ0v) is 15.2. The molecule has 0 saturated carbocycles. The standard InChI is InChI=1S/C18H24N6O2/c1-5-15(18(26)20-4)24-16(19-3)12-23-14-9-13(10-21-11-14)7-8-17(25)22-6-2/h5,7-11,23H,3,6,12H2,1-2,4H3,(H,20,26)(H,22,25)/b8-7+,15-5-,24-16-. The van der Waals surface area contributed by atoms with Crippen LogP contribution in [-0.2, 0) is 9.59 Å². The second kappa shape index (κ2) is 11.3. The topological polar surface area (TPSA) is 108 Å². The van der Waals surface area contributed by atoms with E-state index in [9.17, 15) is 9.59 Å². The molecule has 0 aliphatic rings. The van der Waals surface area contributed by atoms with Crippen LogP contribution in [0, 0.1) is 0 Å². The van der Waals surface area contributed by atoms with E-state index >= 15 is 0 Å². The zero-order valence-electron chi connectivity index (χ0n) is 15.2. The summed E-state index contributed by atoms with van der Waals surface area (Å²) in [5.41, 5.74) is 1.75. The molecule has 26 heavy (non-hydrogen) atoms. The highest BCUT2D eigenvalue weighted by atomic mass is 16.2. The number of hydrogen-bond donors (Lipinski definition) is 3. The molecular weight excluding hydrogens is 332 g/mol. The first kappa shape index (κ1) is 20.8. The third kappa shape index (κ3) is 7.08. The summed E-state index contributed by atoms with van der Waals surface area (Å²) in [5, 5.41) is 8.31. The molecule has 0 aliphatic heterocycles.